The van der Waals surface area contributed by atoms with Gasteiger partial charge in [-0.3, -0.25) is 0 Å². The molecule has 1 aliphatic heterocycles. The number of urea groups is 1. The molecule has 1 saturated heterocycles. The molecule has 0 saturated carbocycles. The maximum atomic E-state index is 12.1. The Bertz CT molecular complexity index is 446. The first-order chi connectivity index (χ1) is 10.2. The number of amides is 2. The summed E-state index contributed by atoms with van der Waals surface area (Å²) in [5, 5.41) is 2.95. The molecule has 1 heterocycles. The minimum Gasteiger partial charge on any atom is -0.491 e. The predicted octanol–water partition coefficient (Wildman–Crippen LogP) is 3.27. The van der Waals surface area contributed by atoms with Gasteiger partial charge in [0.25, 0.3) is 0 Å². The monoisotopic (exact) mass is 290 g/mol. The zero-order chi connectivity index (χ0) is 15.1. The van der Waals surface area contributed by atoms with E-state index in [1.807, 2.05) is 36.9 Å². The molecule has 0 unspecified atom stereocenters. The smallest absolute Gasteiger partial charge is 0.317 e. The third-order valence-electron chi connectivity index (χ3n) is 3.93. The first kappa shape index (κ1) is 15.7. The normalized spacial score (nSPS) is 15.4. The molecule has 0 atom stereocenters. The summed E-state index contributed by atoms with van der Waals surface area (Å²) in [4.78, 5) is 14.0. The number of carbonyl (C=O) groups excluding carboxylic acids is 1. The van der Waals surface area contributed by atoms with Crippen molar-refractivity contribution in [1.82, 2.24) is 10.2 Å². The number of nitrogens with zero attached hydrogens (tertiary/aromatic N) is 1. The third-order valence-corrected chi connectivity index (χ3v) is 3.93. The zero-order valence-corrected chi connectivity index (χ0v) is 13.2. The van der Waals surface area contributed by atoms with E-state index in [-0.39, 0.29) is 6.03 Å². The predicted molar refractivity (Wildman–Crippen MR) is 84.9 cm³/mol. The Morgan fingerprint density at radius 1 is 1.14 bits per heavy atom. The van der Waals surface area contributed by atoms with Crippen LogP contribution in [0.2, 0.25) is 0 Å². The lowest BCUT2D eigenvalue weighted by Gasteiger charge is -2.21. The van der Waals surface area contributed by atoms with Crippen LogP contribution in [0.1, 0.15) is 36.8 Å². The summed E-state index contributed by atoms with van der Waals surface area (Å²) in [6, 6.07) is 6.15. The molecule has 4 heteroatoms. The molecular weight excluding hydrogens is 264 g/mol. The highest BCUT2D eigenvalue weighted by Crippen LogP contribution is 2.21. The number of hydrogen-bond donors (Lipinski definition) is 1. The molecule has 116 valence electrons. The number of likely N-dealkylation sites (tertiary alicyclic amines) is 1. The Balaban J connectivity index is 1.73. The second-order valence-corrected chi connectivity index (χ2v) is 5.70. The SMILES string of the molecule is Cc1cccc(C)c1OCCNC(=O)N1CCCCCC1. The van der Waals surface area contributed by atoms with Crippen molar-refractivity contribution in [3.8, 4) is 5.75 Å². The number of ether oxygens (including phenoxy) is 1. The van der Waals surface area contributed by atoms with Gasteiger partial charge in [-0.2, -0.15) is 0 Å². The minimum absolute atomic E-state index is 0.0435. The molecule has 1 aromatic carbocycles. The number of para-hydroxylation sites is 1. The highest BCUT2D eigenvalue weighted by molar-refractivity contribution is 5.74. The van der Waals surface area contributed by atoms with Crippen LogP contribution in [0.4, 0.5) is 4.79 Å². The largest absolute Gasteiger partial charge is 0.491 e. The fraction of sp³-hybridized carbons (Fsp3) is 0.588. The second kappa shape index (κ2) is 7.91. The van der Waals surface area contributed by atoms with Crippen molar-refractivity contribution in [1.29, 1.82) is 0 Å². The lowest BCUT2D eigenvalue weighted by Crippen LogP contribution is -2.41. The Hall–Kier alpha value is -1.71. The second-order valence-electron chi connectivity index (χ2n) is 5.70. The molecule has 1 N–H and O–H groups in total. The molecule has 0 bridgehead atoms. The first-order valence-electron chi connectivity index (χ1n) is 7.90. The van der Waals surface area contributed by atoms with E-state index >= 15 is 0 Å². The third kappa shape index (κ3) is 4.66. The fourth-order valence-corrected chi connectivity index (χ4v) is 2.72. The van der Waals surface area contributed by atoms with Crippen molar-refractivity contribution >= 4 is 6.03 Å². The molecule has 0 aliphatic carbocycles. The van der Waals surface area contributed by atoms with E-state index in [1.165, 1.54) is 12.8 Å². The average Bonchev–Trinajstić information content (AvgIpc) is 2.75. The molecule has 4 nitrogen and oxygen atoms in total. The highest BCUT2D eigenvalue weighted by Gasteiger charge is 2.14. The van der Waals surface area contributed by atoms with Gasteiger partial charge in [-0.1, -0.05) is 31.0 Å². The minimum atomic E-state index is 0.0435. The van der Waals surface area contributed by atoms with E-state index in [0.717, 1.165) is 42.8 Å². The van der Waals surface area contributed by atoms with E-state index in [1.54, 1.807) is 0 Å². The quantitative estimate of drug-likeness (QED) is 0.865. The zero-order valence-electron chi connectivity index (χ0n) is 13.2. The average molecular weight is 290 g/mol. The Morgan fingerprint density at radius 2 is 1.76 bits per heavy atom. The molecule has 21 heavy (non-hydrogen) atoms. The van der Waals surface area contributed by atoms with Crippen LogP contribution in [0, 0.1) is 13.8 Å². The number of aryl methyl sites for hydroxylation is 2. The van der Waals surface area contributed by atoms with Crippen molar-refractivity contribution in [2.45, 2.75) is 39.5 Å². The highest BCUT2D eigenvalue weighted by atomic mass is 16.5. The summed E-state index contributed by atoms with van der Waals surface area (Å²) in [5.74, 6) is 0.932. The summed E-state index contributed by atoms with van der Waals surface area (Å²) < 4.78 is 5.80. The van der Waals surface area contributed by atoms with Crippen LogP contribution in [0.25, 0.3) is 0 Å². The van der Waals surface area contributed by atoms with Gasteiger partial charge in [-0.15, -0.1) is 0 Å². The molecular formula is C17H26N2O2. The fourth-order valence-electron chi connectivity index (χ4n) is 2.72. The van der Waals surface area contributed by atoms with Gasteiger partial charge in [-0.05, 0) is 37.8 Å². The van der Waals surface area contributed by atoms with E-state index in [4.69, 9.17) is 4.74 Å². The summed E-state index contributed by atoms with van der Waals surface area (Å²) in [7, 11) is 0. The first-order valence-corrected chi connectivity index (χ1v) is 7.90. The Kier molecular flexibility index (Phi) is 5.90. The van der Waals surface area contributed by atoms with Gasteiger partial charge in [0, 0.05) is 13.1 Å². The van der Waals surface area contributed by atoms with E-state index in [2.05, 4.69) is 5.32 Å². The molecule has 0 spiro atoms. The number of nitrogens with one attached hydrogen (secondary N) is 1. The van der Waals surface area contributed by atoms with Gasteiger partial charge in [0.1, 0.15) is 12.4 Å². The number of benzene rings is 1. The molecule has 2 rings (SSSR count). The summed E-state index contributed by atoms with van der Waals surface area (Å²) >= 11 is 0. The summed E-state index contributed by atoms with van der Waals surface area (Å²) in [6.07, 6.45) is 4.71. The van der Waals surface area contributed by atoms with Crippen molar-refractivity contribution in [3.05, 3.63) is 29.3 Å². The number of carbonyl (C=O) groups is 1. The van der Waals surface area contributed by atoms with Crippen molar-refractivity contribution < 1.29 is 9.53 Å². The van der Waals surface area contributed by atoms with Crippen LogP contribution in [0.5, 0.6) is 5.75 Å². The van der Waals surface area contributed by atoms with Crippen molar-refractivity contribution in [2.24, 2.45) is 0 Å². The molecule has 1 aromatic rings. The summed E-state index contributed by atoms with van der Waals surface area (Å²) in [5.41, 5.74) is 2.27. The van der Waals surface area contributed by atoms with Gasteiger partial charge < -0.3 is 15.0 Å². The van der Waals surface area contributed by atoms with Gasteiger partial charge in [0.15, 0.2) is 0 Å². The van der Waals surface area contributed by atoms with Gasteiger partial charge in [0.2, 0.25) is 0 Å². The van der Waals surface area contributed by atoms with E-state index < -0.39 is 0 Å². The molecule has 1 aliphatic rings. The van der Waals surface area contributed by atoms with Gasteiger partial charge in [0.05, 0.1) is 6.54 Å². The van der Waals surface area contributed by atoms with Crippen LogP contribution in [0.15, 0.2) is 18.2 Å². The Labute approximate surface area is 127 Å². The molecule has 0 aromatic heterocycles. The molecule has 1 fully saturated rings. The lowest BCUT2D eigenvalue weighted by molar-refractivity contribution is 0.196. The topological polar surface area (TPSA) is 41.6 Å². The van der Waals surface area contributed by atoms with Crippen LogP contribution >= 0.6 is 0 Å². The maximum Gasteiger partial charge on any atom is 0.317 e. The van der Waals surface area contributed by atoms with Crippen molar-refractivity contribution in [3.63, 3.8) is 0 Å². The lowest BCUT2D eigenvalue weighted by atomic mass is 10.1. The number of hydrogen-bond acceptors (Lipinski definition) is 2. The number of rotatable bonds is 4. The van der Waals surface area contributed by atoms with E-state index in [9.17, 15) is 4.79 Å². The maximum absolute atomic E-state index is 12.1. The van der Waals surface area contributed by atoms with Crippen molar-refractivity contribution in [2.75, 3.05) is 26.2 Å². The standard InChI is InChI=1S/C17H26N2O2/c1-14-8-7-9-15(2)16(14)21-13-10-18-17(20)19-11-5-3-4-6-12-19/h7-9H,3-6,10-13H2,1-2H3,(H,18,20). The van der Waals surface area contributed by atoms with E-state index in [0.29, 0.717) is 13.2 Å². The van der Waals surface area contributed by atoms with Crippen LogP contribution in [-0.4, -0.2) is 37.2 Å². The van der Waals surface area contributed by atoms with Gasteiger partial charge in [-0.25, -0.2) is 4.79 Å². The van der Waals surface area contributed by atoms with Crippen LogP contribution in [0.3, 0.4) is 0 Å². The molecule has 0 radical (unpaired) electrons. The van der Waals surface area contributed by atoms with Gasteiger partial charge >= 0.3 is 6.03 Å². The van der Waals surface area contributed by atoms with Crippen LogP contribution in [-0.2, 0) is 0 Å². The Morgan fingerprint density at radius 3 is 2.38 bits per heavy atom. The van der Waals surface area contributed by atoms with Crippen LogP contribution < -0.4 is 10.1 Å². The molecule has 2 amide bonds. The summed E-state index contributed by atoms with van der Waals surface area (Å²) in [6.45, 7) is 6.89.